The normalized spacial score (nSPS) is 62.7. The Hall–Kier alpha value is -0.740. The Kier molecular flexibility index (Phi) is 1.78. The number of hydrogen-bond acceptors (Lipinski definition) is 4. The fourth-order valence-electron chi connectivity index (χ4n) is 6.00. The van der Waals surface area contributed by atoms with Gasteiger partial charge >= 0.3 is 0 Å². The molecule has 2 heterocycles. The molecule has 5 aliphatic rings. The lowest BCUT2D eigenvalue weighted by atomic mass is 9.38. The van der Waals surface area contributed by atoms with E-state index in [1.807, 2.05) is 20.8 Å². The van der Waals surface area contributed by atoms with E-state index in [-0.39, 0.29) is 17.5 Å². The lowest BCUT2D eigenvalue weighted by molar-refractivity contribution is -0.399. The number of aliphatic hydroxyl groups excluding tert-OH is 1. The molecule has 6 unspecified atom stereocenters. The van der Waals surface area contributed by atoms with Crippen molar-refractivity contribution in [3.05, 3.63) is 0 Å². The number of rotatable bonds is 0. The molecule has 4 heteroatoms. The van der Waals surface area contributed by atoms with Gasteiger partial charge < -0.3 is 9.84 Å². The molecule has 0 aromatic rings. The van der Waals surface area contributed by atoms with E-state index < -0.39 is 28.1 Å². The fourth-order valence-corrected chi connectivity index (χ4v) is 6.00. The minimum atomic E-state index is -0.671. The number of aliphatic hydroxyl groups is 1. The summed E-state index contributed by atoms with van der Waals surface area (Å²) in [6, 6.07) is 0. The summed E-state index contributed by atoms with van der Waals surface area (Å²) in [4.78, 5) is 24.7. The molecule has 0 aromatic heterocycles. The quantitative estimate of drug-likeness (QED) is 0.715. The van der Waals surface area contributed by atoms with Gasteiger partial charge in [-0.15, -0.1) is 0 Å². The van der Waals surface area contributed by atoms with Gasteiger partial charge in [-0.2, -0.15) is 0 Å². The third kappa shape index (κ3) is 0.863. The molecule has 5 rings (SSSR count). The summed E-state index contributed by atoms with van der Waals surface area (Å²) >= 11 is 0. The van der Waals surface area contributed by atoms with Crippen molar-refractivity contribution in [3.8, 4) is 0 Å². The average molecular weight is 264 g/mol. The first-order valence-electron chi connectivity index (χ1n) is 7.15. The van der Waals surface area contributed by atoms with Crippen molar-refractivity contribution in [3.63, 3.8) is 0 Å². The summed E-state index contributed by atoms with van der Waals surface area (Å²) in [6.07, 6.45) is 1.15. The predicted molar refractivity (Wildman–Crippen MR) is 66.4 cm³/mol. The van der Waals surface area contributed by atoms with Crippen LogP contribution in [0.25, 0.3) is 0 Å². The smallest absolute Gasteiger partial charge is 0.137 e. The number of hydrogen-bond donors (Lipinski definition) is 1. The second kappa shape index (κ2) is 2.82. The third-order valence-corrected chi connectivity index (χ3v) is 6.99. The maximum atomic E-state index is 12.4. The van der Waals surface area contributed by atoms with Gasteiger partial charge in [-0.25, -0.2) is 0 Å². The molecule has 3 saturated carbocycles. The molecule has 19 heavy (non-hydrogen) atoms. The van der Waals surface area contributed by atoms with Crippen LogP contribution in [0.15, 0.2) is 0 Å². The number of carbonyl (C=O) groups excluding carboxylic acids is 2. The van der Waals surface area contributed by atoms with Crippen LogP contribution in [0.1, 0.15) is 46.5 Å². The van der Waals surface area contributed by atoms with Crippen LogP contribution in [0.2, 0.25) is 0 Å². The summed E-state index contributed by atoms with van der Waals surface area (Å²) in [6.45, 7) is 5.82. The molecule has 6 atom stereocenters. The first-order valence-corrected chi connectivity index (χ1v) is 7.15. The van der Waals surface area contributed by atoms with E-state index in [4.69, 9.17) is 4.74 Å². The van der Waals surface area contributed by atoms with E-state index in [2.05, 4.69) is 0 Å². The zero-order chi connectivity index (χ0) is 13.8. The van der Waals surface area contributed by atoms with Crippen LogP contribution in [0, 0.1) is 16.7 Å². The molecule has 1 spiro atoms. The Morgan fingerprint density at radius 3 is 2.53 bits per heavy atom. The van der Waals surface area contributed by atoms with Gasteiger partial charge in [-0.1, -0.05) is 13.8 Å². The van der Waals surface area contributed by atoms with Crippen molar-refractivity contribution in [2.75, 3.05) is 0 Å². The van der Waals surface area contributed by atoms with Crippen molar-refractivity contribution < 1.29 is 19.4 Å². The lowest BCUT2D eigenvalue weighted by Crippen LogP contribution is -2.83. The highest BCUT2D eigenvalue weighted by Crippen LogP contribution is 2.81. The number of ether oxygens (including phenoxy) is 1. The van der Waals surface area contributed by atoms with E-state index >= 15 is 0 Å². The molecule has 5 fully saturated rings. The summed E-state index contributed by atoms with van der Waals surface area (Å²) < 4.78 is 6.21. The van der Waals surface area contributed by atoms with E-state index in [0.717, 1.165) is 0 Å². The molecular formula is C15H20O4. The second-order valence-corrected chi connectivity index (χ2v) is 7.55. The fraction of sp³-hybridized carbons (Fsp3) is 0.867. The zero-order valence-electron chi connectivity index (χ0n) is 11.7. The van der Waals surface area contributed by atoms with Crippen LogP contribution in [0.3, 0.4) is 0 Å². The van der Waals surface area contributed by atoms with Crippen LogP contribution in [0.5, 0.6) is 0 Å². The van der Waals surface area contributed by atoms with Gasteiger partial charge in [0, 0.05) is 42.4 Å². The van der Waals surface area contributed by atoms with E-state index in [0.29, 0.717) is 25.7 Å². The molecule has 2 saturated heterocycles. The molecule has 0 aromatic carbocycles. The van der Waals surface area contributed by atoms with Crippen molar-refractivity contribution in [1.29, 1.82) is 0 Å². The molecular weight excluding hydrogens is 244 g/mol. The summed E-state index contributed by atoms with van der Waals surface area (Å²) in [5, 5.41) is 10.6. The molecule has 0 radical (unpaired) electrons. The van der Waals surface area contributed by atoms with E-state index in [1.54, 1.807) is 0 Å². The van der Waals surface area contributed by atoms with Crippen LogP contribution in [-0.4, -0.2) is 34.0 Å². The van der Waals surface area contributed by atoms with Crippen molar-refractivity contribution in [1.82, 2.24) is 0 Å². The van der Waals surface area contributed by atoms with Crippen LogP contribution >= 0.6 is 0 Å². The Balaban J connectivity index is 2.00. The van der Waals surface area contributed by atoms with Crippen LogP contribution in [-0.2, 0) is 14.3 Å². The average Bonchev–Trinajstić information content (AvgIpc) is 2.67. The summed E-state index contributed by atoms with van der Waals surface area (Å²) in [5.74, 6) is 0.234. The van der Waals surface area contributed by atoms with Gasteiger partial charge in [0.15, 0.2) is 0 Å². The van der Waals surface area contributed by atoms with E-state index in [1.165, 1.54) is 0 Å². The SMILES string of the molecule is CC1C(=O)CC23CC(=O)CC1(C)C21OC3(C)CC1O. The molecule has 3 aliphatic carbocycles. The molecule has 4 nitrogen and oxygen atoms in total. The first-order chi connectivity index (χ1) is 8.72. The van der Waals surface area contributed by atoms with E-state index in [9.17, 15) is 14.7 Å². The Morgan fingerprint density at radius 2 is 1.89 bits per heavy atom. The molecule has 104 valence electrons. The standard InChI is InChI=1S/C15H20O4/c1-8-10(17)6-14-5-9(16)4-12(8,2)15(14)11(18)7-13(14,3)19-15/h8,11,18H,4-7H2,1-3H3. The third-order valence-electron chi connectivity index (χ3n) is 6.99. The maximum Gasteiger partial charge on any atom is 0.137 e. The second-order valence-electron chi connectivity index (χ2n) is 7.55. The van der Waals surface area contributed by atoms with Crippen LogP contribution in [0.4, 0.5) is 0 Å². The maximum absolute atomic E-state index is 12.4. The Labute approximate surface area is 112 Å². The highest BCUT2D eigenvalue weighted by Gasteiger charge is 2.90. The number of ketones is 2. The Morgan fingerprint density at radius 1 is 1.21 bits per heavy atom. The predicted octanol–water partition coefficient (Wildman–Crippen LogP) is 1.24. The molecule has 0 amide bonds. The number of fused-ring (bicyclic) bond motifs is 1. The lowest BCUT2D eigenvalue weighted by Gasteiger charge is -2.74. The van der Waals surface area contributed by atoms with Gasteiger partial charge in [-0.05, 0) is 6.92 Å². The number of carbonyl (C=O) groups is 2. The topological polar surface area (TPSA) is 63.6 Å². The monoisotopic (exact) mass is 264 g/mol. The van der Waals surface area contributed by atoms with Crippen LogP contribution < -0.4 is 0 Å². The van der Waals surface area contributed by atoms with Gasteiger partial charge in [0.05, 0.1) is 11.7 Å². The van der Waals surface area contributed by atoms with Crippen molar-refractivity contribution in [2.45, 2.75) is 63.8 Å². The molecule has 1 N–H and O–H groups in total. The summed E-state index contributed by atoms with van der Waals surface area (Å²) in [5.41, 5.74) is -2.17. The van der Waals surface area contributed by atoms with Gasteiger partial charge in [-0.3, -0.25) is 9.59 Å². The highest BCUT2D eigenvalue weighted by atomic mass is 16.6. The summed E-state index contributed by atoms with van der Waals surface area (Å²) in [7, 11) is 0. The first kappa shape index (κ1) is 12.0. The highest BCUT2D eigenvalue weighted by molar-refractivity contribution is 5.92. The van der Waals surface area contributed by atoms with Gasteiger partial charge in [0.25, 0.3) is 0 Å². The van der Waals surface area contributed by atoms with Gasteiger partial charge in [0.2, 0.25) is 0 Å². The largest absolute Gasteiger partial charge is 0.390 e. The van der Waals surface area contributed by atoms with Crippen molar-refractivity contribution in [2.24, 2.45) is 16.7 Å². The number of Topliss-reactive ketones (excluding diaryl/α,β-unsaturated/α-hetero) is 2. The zero-order valence-corrected chi connectivity index (χ0v) is 11.7. The Bertz CT molecular complexity index is 528. The van der Waals surface area contributed by atoms with Gasteiger partial charge in [0.1, 0.15) is 17.2 Å². The molecule has 2 aliphatic heterocycles. The van der Waals surface area contributed by atoms with Crippen molar-refractivity contribution >= 4 is 11.6 Å². The minimum Gasteiger partial charge on any atom is -0.390 e. The minimum absolute atomic E-state index is 0.220. The molecule has 4 bridgehead atoms.